The number of nitrogens with zero attached hydrogens (tertiary/aromatic N) is 2. The summed E-state index contributed by atoms with van der Waals surface area (Å²) in [5.41, 5.74) is 0. The first-order valence-electron chi connectivity index (χ1n) is 8.12. The molecule has 4 heteroatoms. The fraction of sp³-hybridized carbons (Fsp3) is 0.938. The highest BCUT2D eigenvalue weighted by atomic mass is 16.5. The molecule has 0 N–H and O–H groups in total. The third-order valence-electron chi connectivity index (χ3n) is 4.55. The maximum Gasteiger partial charge on any atom is 0.224 e. The van der Waals surface area contributed by atoms with Crippen LogP contribution in [0, 0.1) is 11.8 Å². The number of hydrogen-bond donors (Lipinski definition) is 0. The fourth-order valence-corrected chi connectivity index (χ4v) is 3.06. The molecular weight excluding hydrogens is 252 g/mol. The second-order valence-corrected chi connectivity index (χ2v) is 6.70. The number of rotatable bonds is 7. The molecule has 2 rings (SSSR count). The highest BCUT2D eigenvalue weighted by Crippen LogP contribution is 2.32. The van der Waals surface area contributed by atoms with Gasteiger partial charge in [-0.3, -0.25) is 4.79 Å². The number of hydrogen-bond acceptors (Lipinski definition) is 3. The van der Waals surface area contributed by atoms with Crippen LogP contribution in [-0.2, 0) is 9.53 Å². The molecule has 1 aliphatic carbocycles. The van der Waals surface area contributed by atoms with Crippen LogP contribution in [-0.4, -0.2) is 61.6 Å². The maximum absolute atomic E-state index is 12.4. The zero-order valence-corrected chi connectivity index (χ0v) is 13.3. The normalized spacial score (nSPS) is 25.3. The number of carbonyl (C=O) groups is 1. The van der Waals surface area contributed by atoms with Crippen LogP contribution in [0.15, 0.2) is 0 Å². The van der Waals surface area contributed by atoms with Crippen molar-refractivity contribution in [3.05, 3.63) is 0 Å². The molecule has 0 aromatic heterocycles. The molecule has 116 valence electrons. The van der Waals surface area contributed by atoms with Gasteiger partial charge in [0.15, 0.2) is 0 Å². The molecular formula is C16H30N2O2. The van der Waals surface area contributed by atoms with E-state index in [9.17, 15) is 4.79 Å². The summed E-state index contributed by atoms with van der Waals surface area (Å²) in [5, 5.41) is 0. The molecule has 0 radical (unpaired) electrons. The molecule has 2 fully saturated rings. The van der Waals surface area contributed by atoms with Crippen molar-refractivity contribution in [1.82, 2.24) is 9.80 Å². The Kier molecular flexibility index (Phi) is 5.85. The molecule has 1 heterocycles. The van der Waals surface area contributed by atoms with Crippen molar-refractivity contribution in [2.75, 3.05) is 39.9 Å². The average Bonchev–Trinajstić information content (AvgIpc) is 3.22. The van der Waals surface area contributed by atoms with Crippen LogP contribution in [0.2, 0.25) is 0 Å². The summed E-state index contributed by atoms with van der Waals surface area (Å²) in [6.45, 7) is 9.28. The van der Waals surface area contributed by atoms with Gasteiger partial charge < -0.3 is 14.5 Å². The summed E-state index contributed by atoms with van der Waals surface area (Å²) < 4.78 is 5.14. The second-order valence-electron chi connectivity index (χ2n) is 6.70. The van der Waals surface area contributed by atoms with Crippen LogP contribution in [0.3, 0.4) is 0 Å². The number of methoxy groups -OCH3 is 1. The Balaban J connectivity index is 1.96. The third-order valence-corrected chi connectivity index (χ3v) is 4.55. The van der Waals surface area contributed by atoms with Gasteiger partial charge in [0.25, 0.3) is 0 Å². The molecule has 1 saturated carbocycles. The van der Waals surface area contributed by atoms with Crippen molar-refractivity contribution in [3.8, 4) is 0 Å². The number of ether oxygens (including phenoxy) is 1. The van der Waals surface area contributed by atoms with Crippen LogP contribution in [0.4, 0.5) is 0 Å². The van der Waals surface area contributed by atoms with E-state index in [1.54, 1.807) is 7.11 Å². The minimum Gasteiger partial charge on any atom is -0.385 e. The Morgan fingerprint density at radius 2 is 2.10 bits per heavy atom. The summed E-state index contributed by atoms with van der Waals surface area (Å²) in [5.74, 6) is 1.67. The van der Waals surface area contributed by atoms with Crippen LogP contribution < -0.4 is 0 Å². The van der Waals surface area contributed by atoms with E-state index in [1.807, 2.05) is 0 Å². The van der Waals surface area contributed by atoms with Crippen LogP contribution in [0.1, 0.15) is 39.5 Å². The molecule has 20 heavy (non-hydrogen) atoms. The van der Waals surface area contributed by atoms with E-state index in [4.69, 9.17) is 4.74 Å². The van der Waals surface area contributed by atoms with Gasteiger partial charge in [-0.25, -0.2) is 0 Å². The minimum absolute atomic E-state index is 0.366. The molecule has 0 spiro atoms. The van der Waals surface area contributed by atoms with E-state index < -0.39 is 0 Å². The number of carbonyl (C=O) groups excluding carboxylic acids is 1. The Morgan fingerprint density at radius 1 is 1.35 bits per heavy atom. The summed E-state index contributed by atoms with van der Waals surface area (Å²) in [6.07, 6.45) is 4.36. The van der Waals surface area contributed by atoms with Gasteiger partial charge in [-0.05, 0) is 31.1 Å². The average molecular weight is 282 g/mol. The van der Waals surface area contributed by atoms with Crippen molar-refractivity contribution in [2.45, 2.75) is 45.6 Å². The molecule has 1 amide bonds. The zero-order chi connectivity index (χ0) is 14.5. The van der Waals surface area contributed by atoms with Gasteiger partial charge in [0.05, 0.1) is 0 Å². The lowest BCUT2D eigenvalue weighted by Crippen LogP contribution is -2.47. The zero-order valence-electron chi connectivity index (χ0n) is 13.3. The van der Waals surface area contributed by atoms with Crippen LogP contribution >= 0.6 is 0 Å². The van der Waals surface area contributed by atoms with Gasteiger partial charge in [0, 0.05) is 52.4 Å². The number of amides is 1. The van der Waals surface area contributed by atoms with Crippen molar-refractivity contribution in [3.63, 3.8) is 0 Å². The molecule has 0 aromatic rings. The molecule has 1 aliphatic heterocycles. The van der Waals surface area contributed by atoms with Gasteiger partial charge in [-0.15, -0.1) is 0 Å². The predicted octanol–water partition coefficient (Wildman–Crippen LogP) is 1.99. The van der Waals surface area contributed by atoms with Gasteiger partial charge in [0.1, 0.15) is 0 Å². The standard InChI is InChI=1S/C16H30N2O2/c1-13(2)15-12-17(8-4-10-20-3)9-7-16(19)18(15)11-14-5-6-14/h13-15H,4-12H2,1-3H3/t15-/m1/s1. The lowest BCUT2D eigenvalue weighted by molar-refractivity contribution is -0.133. The molecule has 2 aliphatic rings. The van der Waals surface area contributed by atoms with Crippen molar-refractivity contribution >= 4 is 5.91 Å². The molecule has 0 bridgehead atoms. The fourth-order valence-electron chi connectivity index (χ4n) is 3.06. The SMILES string of the molecule is COCCCN1CCC(=O)N(CC2CC2)[C@@H](C(C)C)C1. The molecule has 0 aromatic carbocycles. The third kappa shape index (κ3) is 4.45. The van der Waals surface area contributed by atoms with E-state index in [-0.39, 0.29) is 0 Å². The second kappa shape index (κ2) is 7.41. The van der Waals surface area contributed by atoms with E-state index in [0.29, 0.717) is 24.3 Å². The topological polar surface area (TPSA) is 32.8 Å². The lowest BCUT2D eigenvalue weighted by Gasteiger charge is -2.35. The summed E-state index contributed by atoms with van der Waals surface area (Å²) >= 11 is 0. The predicted molar refractivity (Wildman–Crippen MR) is 80.6 cm³/mol. The van der Waals surface area contributed by atoms with E-state index >= 15 is 0 Å². The van der Waals surface area contributed by atoms with E-state index in [0.717, 1.165) is 45.1 Å². The highest BCUT2D eigenvalue weighted by molar-refractivity contribution is 5.77. The van der Waals surface area contributed by atoms with Crippen molar-refractivity contribution in [1.29, 1.82) is 0 Å². The first-order valence-corrected chi connectivity index (χ1v) is 8.12. The van der Waals surface area contributed by atoms with Crippen LogP contribution in [0.5, 0.6) is 0 Å². The van der Waals surface area contributed by atoms with Gasteiger partial charge >= 0.3 is 0 Å². The quantitative estimate of drug-likeness (QED) is 0.670. The largest absolute Gasteiger partial charge is 0.385 e. The highest BCUT2D eigenvalue weighted by Gasteiger charge is 2.35. The molecule has 4 nitrogen and oxygen atoms in total. The smallest absolute Gasteiger partial charge is 0.224 e. The Bertz CT molecular complexity index is 316. The van der Waals surface area contributed by atoms with Gasteiger partial charge in [-0.2, -0.15) is 0 Å². The molecule has 0 unspecified atom stereocenters. The van der Waals surface area contributed by atoms with E-state index in [1.165, 1.54) is 12.8 Å². The first-order chi connectivity index (χ1) is 9.61. The van der Waals surface area contributed by atoms with Gasteiger partial charge in [0.2, 0.25) is 5.91 Å². The minimum atomic E-state index is 0.366. The lowest BCUT2D eigenvalue weighted by atomic mass is 10.0. The van der Waals surface area contributed by atoms with Crippen molar-refractivity contribution < 1.29 is 9.53 Å². The maximum atomic E-state index is 12.4. The summed E-state index contributed by atoms with van der Waals surface area (Å²) in [4.78, 5) is 17.1. The summed E-state index contributed by atoms with van der Waals surface area (Å²) in [6, 6.07) is 0.383. The molecule has 1 saturated heterocycles. The Hall–Kier alpha value is -0.610. The first kappa shape index (κ1) is 15.8. The van der Waals surface area contributed by atoms with E-state index in [2.05, 4.69) is 23.6 Å². The Morgan fingerprint density at radius 3 is 2.70 bits per heavy atom. The van der Waals surface area contributed by atoms with Crippen LogP contribution in [0.25, 0.3) is 0 Å². The molecule has 1 atom stereocenters. The summed E-state index contributed by atoms with van der Waals surface area (Å²) in [7, 11) is 1.75. The van der Waals surface area contributed by atoms with Crippen molar-refractivity contribution in [2.24, 2.45) is 11.8 Å². The monoisotopic (exact) mass is 282 g/mol. The Labute approximate surface area is 123 Å². The van der Waals surface area contributed by atoms with Gasteiger partial charge in [-0.1, -0.05) is 13.8 Å².